The van der Waals surface area contributed by atoms with E-state index in [4.69, 9.17) is 4.74 Å². The van der Waals surface area contributed by atoms with Gasteiger partial charge in [0.15, 0.2) is 0 Å². The van der Waals surface area contributed by atoms with E-state index in [1.54, 1.807) is 4.90 Å². The summed E-state index contributed by atoms with van der Waals surface area (Å²) in [6.45, 7) is 7.79. The Balaban J connectivity index is 2.45. The Kier molecular flexibility index (Phi) is 4.28. The first-order valence-corrected chi connectivity index (χ1v) is 5.79. The van der Waals surface area contributed by atoms with Crippen molar-refractivity contribution in [3.8, 4) is 0 Å². The molecule has 1 unspecified atom stereocenters. The van der Waals surface area contributed by atoms with Crippen molar-refractivity contribution in [1.29, 1.82) is 0 Å². The zero-order chi connectivity index (χ0) is 11.5. The Morgan fingerprint density at radius 1 is 1.47 bits per heavy atom. The molecule has 0 aromatic heterocycles. The Morgan fingerprint density at radius 2 is 2.13 bits per heavy atom. The number of carbonyl (C=O) groups excluding carboxylic acids is 1. The summed E-state index contributed by atoms with van der Waals surface area (Å²) in [4.78, 5) is 13.5. The molecule has 4 nitrogen and oxygen atoms in total. The maximum absolute atomic E-state index is 11.7. The van der Waals surface area contributed by atoms with E-state index in [-0.39, 0.29) is 11.5 Å². The van der Waals surface area contributed by atoms with Crippen molar-refractivity contribution in [3.63, 3.8) is 0 Å². The molecule has 5 heteroatoms. The van der Waals surface area contributed by atoms with Crippen LogP contribution in [0, 0.1) is 0 Å². The quantitative estimate of drug-likeness (QED) is 0.622. The van der Waals surface area contributed by atoms with E-state index in [1.807, 2.05) is 20.8 Å². The van der Waals surface area contributed by atoms with Gasteiger partial charge in [0.2, 0.25) is 0 Å². The van der Waals surface area contributed by atoms with Crippen molar-refractivity contribution in [2.75, 3.05) is 19.6 Å². The molecule has 0 aromatic rings. The summed E-state index contributed by atoms with van der Waals surface area (Å²) >= 11 is 4.34. The molecule has 0 saturated carbocycles. The topological polar surface area (TPSA) is 41.6 Å². The minimum atomic E-state index is -0.419. The summed E-state index contributed by atoms with van der Waals surface area (Å²) in [6, 6.07) is 0. The predicted octanol–water partition coefficient (Wildman–Crippen LogP) is 1.47. The molecular weight excluding hydrogens is 212 g/mol. The molecule has 0 aliphatic carbocycles. The third-order valence-electron chi connectivity index (χ3n) is 2.09. The summed E-state index contributed by atoms with van der Waals surface area (Å²) in [6.07, 6.45) is 0.620. The van der Waals surface area contributed by atoms with Gasteiger partial charge in [0, 0.05) is 19.6 Å². The van der Waals surface area contributed by atoms with Gasteiger partial charge in [0.25, 0.3) is 0 Å². The van der Waals surface area contributed by atoms with Crippen molar-refractivity contribution >= 4 is 18.7 Å². The molecule has 1 fully saturated rings. The number of hydrogen-bond donors (Lipinski definition) is 2. The van der Waals surface area contributed by atoms with E-state index in [2.05, 4.69) is 17.9 Å². The van der Waals surface area contributed by atoms with Crippen LogP contribution in [0.25, 0.3) is 0 Å². The van der Waals surface area contributed by atoms with E-state index in [9.17, 15) is 4.79 Å². The molecule has 1 atom stereocenters. The van der Waals surface area contributed by atoms with Crippen LogP contribution >= 0.6 is 12.6 Å². The molecule has 0 aromatic carbocycles. The average molecular weight is 232 g/mol. The first-order valence-electron chi connectivity index (χ1n) is 5.28. The van der Waals surface area contributed by atoms with E-state index in [1.165, 1.54) is 0 Å². The van der Waals surface area contributed by atoms with Crippen LogP contribution < -0.4 is 5.32 Å². The van der Waals surface area contributed by atoms with Crippen LogP contribution in [0.3, 0.4) is 0 Å². The fourth-order valence-corrected chi connectivity index (χ4v) is 1.61. The standard InChI is InChI=1S/C10H20N2O2S/c1-10(2,3)14-9(13)12-6-4-8(15)11-5-7-12/h8,11,15H,4-7H2,1-3H3. The minimum Gasteiger partial charge on any atom is -0.444 e. The molecule has 88 valence electrons. The molecule has 1 N–H and O–H groups in total. The van der Waals surface area contributed by atoms with Crippen LogP contribution in [-0.4, -0.2) is 41.6 Å². The Bertz CT molecular complexity index is 228. The highest BCUT2D eigenvalue weighted by molar-refractivity contribution is 7.80. The lowest BCUT2D eigenvalue weighted by Crippen LogP contribution is -2.38. The van der Waals surface area contributed by atoms with Crippen molar-refractivity contribution in [2.45, 2.75) is 38.2 Å². The second-order valence-electron chi connectivity index (χ2n) is 4.73. The van der Waals surface area contributed by atoms with Crippen LogP contribution in [0.5, 0.6) is 0 Å². The predicted molar refractivity (Wildman–Crippen MR) is 63.2 cm³/mol. The van der Waals surface area contributed by atoms with E-state index in [0.29, 0.717) is 13.1 Å². The summed E-state index contributed by atoms with van der Waals surface area (Å²) < 4.78 is 5.30. The van der Waals surface area contributed by atoms with Gasteiger partial charge in [-0.25, -0.2) is 4.79 Å². The lowest BCUT2D eigenvalue weighted by atomic mass is 10.2. The number of amides is 1. The third kappa shape index (κ3) is 4.75. The summed E-state index contributed by atoms with van der Waals surface area (Å²) in [7, 11) is 0. The van der Waals surface area contributed by atoms with Crippen molar-refractivity contribution in [3.05, 3.63) is 0 Å². The number of thiol groups is 1. The van der Waals surface area contributed by atoms with Gasteiger partial charge >= 0.3 is 6.09 Å². The van der Waals surface area contributed by atoms with Gasteiger partial charge in [0.1, 0.15) is 5.60 Å². The number of ether oxygens (including phenoxy) is 1. The molecule has 1 rings (SSSR count). The van der Waals surface area contributed by atoms with Crippen LogP contribution in [0.2, 0.25) is 0 Å². The van der Waals surface area contributed by atoms with Crippen LogP contribution in [-0.2, 0) is 4.74 Å². The Labute approximate surface area is 96.8 Å². The highest BCUT2D eigenvalue weighted by atomic mass is 32.1. The van der Waals surface area contributed by atoms with Gasteiger partial charge in [-0.3, -0.25) is 0 Å². The van der Waals surface area contributed by atoms with Gasteiger partial charge < -0.3 is 15.0 Å². The maximum atomic E-state index is 11.7. The number of hydrogen-bond acceptors (Lipinski definition) is 4. The summed E-state index contributed by atoms with van der Waals surface area (Å²) in [5.74, 6) is 0. The minimum absolute atomic E-state index is 0.178. The molecular formula is C10H20N2O2S. The molecule has 1 saturated heterocycles. The molecule has 1 aliphatic heterocycles. The first-order chi connectivity index (χ1) is 6.88. The second kappa shape index (κ2) is 5.07. The monoisotopic (exact) mass is 232 g/mol. The maximum Gasteiger partial charge on any atom is 0.410 e. The van der Waals surface area contributed by atoms with Gasteiger partial charge in [-0.05, 0) is 27.2 Å². The molecule has 0 spiro atoms. The first kappa shape index (κ1) is 12.6. The van der Waals surface area contributed by atoms with Crippen LogP contribution in [0.1, 0.15) is 27.2 Å². The van der Waals surface area contributed by atoms with Crippen LogP contribution in [0.15, 0.2) is 0 Å². The van der Waals surface area contributed by atoms with Crippen molar-refractivity contribution in [2.24, 2.45) is 0 Å². The van der Waals surface area contributed by atoms with Crippen molar-refractivity contribution < 1.29 is 9.53 Å². The highest BCUT2D eigenvalue weighted by Gasteiger charge is 2.23. The zero-order valence-electron chi connectivity index (χ0n) is 9.62. The summed E-state index contributed by atoms with van der Waals surface area (Å²) in [5, 5.41) is 3.39. The van der Waals surface area contributed by atoms with Gasteiger partial charge in [-0.2, -0.15) is 12.6 Å². The Morgan fingerprint density at radius 3 is 2.73 bits per heavy atom. The molecule has 1 heterocycles. The van der Waals surface area contributed by atoms with Gasteiger partial charge in [-0.1, -0.05) is 0 Å². The molecule has 0 radical (unpaired) electrons. The number of nitrogens with one attached hydrogen (secondary N) is 1. The van der Waals surface area contributed by atoms with E-state index < -0.39 is 5.60 Å². The van der Waals surface area contributed by atoms with E-state index in [0.717, 1.165) is 13.0 Å². The summed E-state index contributed by atoms with van der Waals surface area (Å²) in [5.41, 5.74) is -0.419. The highest BCUT2D eigenvalue weighted by Crippen LogP contribution is 2.12. The average Bonchev–Trinajstić information content (AvgIpc) is 2.26. The number of carbonyl (C=O) groups is 1. The fourth-order valence-electron chi connectivity index (χ4n) is 1.37. The van der Waals surface area contributed by atoms with Crippen molar-refractivity contribution in [1.82, 2.24) is 10.2 Å². The molecule has 1 aliphatic rings. The largest absolute Gasteiger partial charge is 0.444 e. The lowest BCUT2D eigenvalue weighted by molar-refractivity contribution is 0.0262. The fraction of sp³-hybridized carbons (Fsp3) is 0.900. The Hall–Kier alpha value is -0.420. The van der Waals surface area contributed by atoms with Gasteiger partial charge in [0.05, 0.1) is 5.37 Å². The molecule has 1 amide bonds. The number of rotatable bonds is 0. The van der Waals surface area contributed by atoms with Crippen LogP contribution in [0.4, 0.5) is 4.79 Å². The normalized spacial score (nSPS) is 23.5. The zero-order valence-corrected chi connectivity index (χ0v) is 10.5. The van der Waals surface area contributed by atoms with E-state index >= 15 is 0 Å². The second-order valence-corrected chi connectivity index (χ2v) is 5.35. The SMILES string of the molecule is CC(C)(C)OC(=O)N1CCNC(S)CC1. The number of nitrogens with zero attached hydrogens (tertiary/aromatic N) is 1. The lowest BCUT2D eigenvalue weighted by Gasteiger charge is -2.26. The molecule has 15 heavy (non-hydrogen) atoms. The smallest absolute Gasteiger partial charge is 0.410 e. The van der Waals surface area contributed by atoms with Gasteiger partial charge in [-0.15, -0.1) is 0 Å². The third-order valence-corrected chi connectivity index (χ3v) is 2.53. The molecule has 0 bridgehead atoms.